The van der Waals surface area contributed by atoms with Gasteiger partial charge in [-0.25, -0.2) is 14.8 Å². The van der Waals surface area contributed by atoms with Gasteiger partial charge in [0.15, 0.2) is 5.82 Å². The minimum absolute atomic E-state index is 0.596. The van der Waals surface area contributed by atoms with E-state index in [4.69, 9.17) is 19.6 Å². The SMILES string of the molecule is CCCCc1nc(C(CCC)(OC)OC)nn1Cc1ccc(Cc2cccc(-c3nnn[nH]3)c2)cc1. The number of nitrogens with one attached hydrogen (secondary N) is 1. The summed E-state index contributed by atoms with van der Waals surface area (Å²) in [5.41, 5.74) is 4.58. The van der Waals surface area contributed by atoms with E-state index in [0.717, 1.165) is 43.5 Å². The van der Waals surface area contributed by atoms with Crippen LogP contribution in [0, 0.1) is 0 Å². The molecule has 36 heavy (non-hydrogen) atoms. The van der Waals surface area contributed by atoms with Crippen molar-refractivity contribution >= 4 is 0 Å². The maximum Gasteiger partial charge on any atom is 0.231 e. The van der Waals surface area contributed by atoms with Crippen LogP contribution in [0.15, 0.2) is 48.5 Å². The van der Waals surface area contributed by atoms with Crippen LogP contribution in [0.1, 0.15) is 67.9 Å². The minimum atomic E-state index is -0.916. The highest BCUT2D eigenvalue weighted by Gasteiger charge is 2.36. The normalized spacial score (nSPS) is 11.8. The lowest BCUT2D eigenvalue weighted by atomic mass is 10.0. The zero-order valence-corrected chi connectivity index (χ0v) is 21.6. The largest absolute Gasteiger partial charge is 0.347 e. The van der Waals surface area contributed by atoms with Crippen LogP contribution in [-0.2, 0) is 34.6 Å². The zero-order valence-electron chi connectivity index (χ0n) is 21.6. The molecule has 0 amide bonds. The molecule has 2 aromatic carbocycles. The van der Waals surface area contributed by atoms with Crippen molar-refractivity contribution < 1.29 is 9.47 Å². The summed E-state index contributed by atoms with van der Waals surface area (Å²) in [6.45, 7) is 4.94. The second-order valence-corrected chi connectivity index (χ2v) is 8.97. The molecule has 1 N–H and O–H groups in total. The number of ether oxygens (including phenoxy) is 2. The van der Waals surface area contributed by atoms with Crippen molar-refractivity contribution in [1.29, 1.82) is 0 Å². The second kappa shape index (κ2) is 12.0. The van der Waals surface area contributed by atoms with E-state index in [0.29, 0.717) is 24.6 Å². The topological polar surface area (TPSA) is 104 Å². The molecule has 0 radical (unpaired) electrons. The Kier molecular flexibility index (Phi) is 8.56. The third-order valence-corrected chi connectivity index (χ3v) is 6.39. The molecule has 190 valence electrons. The van der Waals surface area contributed by atoms with Crippen LogP contribution in [0.3, 0.4) is 0 Å². The van der Waals surface area contributed by atoms with Crippen LogP contribution in [0.5, 0.6) is 0 Å². The molecule has 0 spiro atoms. The molecular weight excluding hydrogens is 454 g/mol. The molecule has 0 aliphatic rings. The van der Waals surface area contributed by atoms with Gasteiger partial charge in [-0.15, -0.1) is 10.2 Å². The standard InChI is InChI=1S/C27H35N7O2/c1-5-7-11-24-28-26(27(35-3,36-4)16-6-2)31-34(24)19-21-14-12-20(13-15-21)17-22-9-8-10-23(18-22)25-29-32-33-30-25/h8-10,12-15,18H,5-7,11,16-17,19H2,1-4H3,(H,29,30,32,33). The number of rotatable bonds is 13. The molecular formula is C27H35N7O2. The smallest absolute Gasteiger partial charge is 0.231 e. The van der Waals surface area contributed by atoms with Crippen molar-refractivity contribution in [1.82, 2.24) is 35.4 Å². The fourth-order valence-corrected chi connectivity index (χ4v) is 4.37. The lowest BCUT2D eigenvalue weighted by Crippen LogP contribution is -2.32. The van der Waals surface area contributed by atoms with Gasteiger partial charge < -0.3 is 9.47 Å². The first-order chi connectivity index (χ1) is 17.6. The van der Waals surface area contributed by atoms with E-state index in [1.807, 2.05) is 16.8 Å². The van der Waals surface area contributed by atoms with E-state index < -0.39 is 5.79 Å². The Bertz CT molecular complexity index is 1220. The summed E-state index contributed by atoms with van der Waals surface area (Å²) >= 11 is 0. The molecule has 0 atom stereocenters. The lowest BCUT2D eigenvalue weighted by Gasteiger charge is -2.27. The van der Waals surface area contributed by atoms with Gasteiger partial charge in [-0.2, -0.15) is 0 Å². The molecule has 0 unspecified atom stereocenters. The Morgan fingerprint density at radius 3 is 2.39 bits per heavy atom. The highest BCUT2D eigenvalue weighted by atomic mass is 16.7. The number of methoxy groups -OCH3 is 2. The van der Waals surface area contributed by atoms with E-state index in [1.54, 1.807) is 14.2 Å². The predicted octanol–water partition coefficient (Wildman–Crippen LogP) is 4.69. The van der Waals surface area contributed by atoms with Crippen molar-refractivity contribution in [2.75, 3.05) is 14.2 Å². The van der Waals surface area contributed by atoms with E-state index in [1.165, 1.54) is 16.7 Å². The highest BCUT2D eigenvalue weighted by molar-refractivity contribution is 5.55. The summed E-state index contributed by atoms with van der Waals surface area (Å²) in [5.74, 6) is 1.31. The van der Waals surface area contributed by atoms with Gasteiger partial charge in [0.2, 0.25) is 11.6 Å². The number of aromatic amines is 1. The third kappa shape index (κ3) is 5.85. The second-order valence-electron chi connectivity index (χ2n) is 8.97. The summed E-state index contributed by atoms with van der Waals surface area (Å²) in [6, 6.07) is 16.9. The van der Waals surface area contributed by atoms with Crippen molar-refractivity contribution in [3.63, 3.8) is 0 Å². The van der Waals surface area contributed by atoms with Gasteiger partial charge in [0.05, 0.1) is 6.54 Å². The molecule has 2 aromatic heterocycles. The van der Waals surface area contributed by atoms with Crippen LogP contribution in [-0.4, -0.2) is 49.6 Å². The van der Waals surface area contributed by atoms with Gasteiger partial charge in [0.1, 0.15) is 5.82 Å². The van der Waals surface area contributed by atoms with Crippen molar-refractivity contribution in [2.45, 2.75) is 64.7 Å². The molecule has 4 rings (SSSR count). The molecule has 9 heteroatoms. The maximum atomic E-state index is 5.77. The van der Waals surface area contributed by atoms with Crippen LogP contribution in [0.4, 0.5) is 0 Å². The molecule has 0 aliphatic heterocycles. The number of tetrazole rings is 1. The summed E-state index contributed by atoms with van der Waals surface area (Å²) in [7, 11) is 3.31. The number of unbranched alkanes of at least 4 members (excludes halogenated alkanes) is 1. The first-order valence-electron chi connectivity index (χ1n) is 12.6. The number of hydrogen-bond donors (Lipinski definition) is 1. The van der Waals surface area contributed by atoms with Crippen LogP contribution in [0.2, 0.25) is 0 Å². The fourth-order valence-electron chi connectivity index (χ4n) is 4.37. The van der Waals surface area contributed by atoms with E-state index in [2.05, 4.69) is 70.9 Å². The molecule has 0 aliphatic carbocycles. The Balaban J connectivity index is 1.51. The average Bonchev–Trinajstić information content (AvgIpc) is 3.58. The van der Waals surface area contributed by atoms with Gasteiger partial charge in [-0.1, -0.05) is 69.2 Å². The number of nitrogens with zero attached hydrogens (tertiary/aromatic N) is 6. The Morgan fingerprint density at radius 2 is 1.72 bits per heavy atom. The maximum absolute atomic E-state index is 5.77. The molecule has 0 bridgehead atoms. The van der Waals surface area contributed by atoms with Crippen LogP contribution < -0.4 is 0 Å². The van der Waals surface area contributed by atoms with Crippen LogP contribution in [0.25, 0.3) is 11.4 Å². The lowest BCUT2D eigenvalue weighted by molar-refractivity contribution is -0.225. The Labute approximate surface area is 212 Å². The van der Waals surface area contributed by atoms with Gasteiger partial charge in [-0.3, -0.25) is 0 Å². The number of aromatic nitrogens is 7. The summed E-state index contributed by atoms with van der Waals surface area (Å²) in [6.07, 6.45) is 5.45. The van der Waals surface area contributed by atoms with E-state index in [9.17, 15) is 0 Å². The Morgan fingerprint density at radius 1 is 0.944 bits per heavy atom. The van der Waals surface area contributed by atoms with Gasteiger partial charge >= 0.3 is 0 Å². The van der Waals surface area contributed by atoms with Crippen molar-refractivity contribution in [3.05, 3.63) is 76.9 Å². The summed E-state index contributed by atoms with van der Waals surface area (Å²) < 4.78 is 13.5. The third-order valence-electron chi connectivity index (χ3n) is 6.39. The number of H-pyrrole nitrogens is 1. The first kappa shape index (κ1) is 25.7. The molecule has 9 nitrogen and oxygen atoms in total. The van der Waals surface area contributed by atoms with Gasteiger partial charge in [-0.05, 0) is 46.0 Å². The van der Waals surface area contributed by atoms with E-state index in [-0.39, 0.29) is 0 Å². The predicted molar refractivity (Wildman–Crippen MR) is 137 cm³/mol. The molecule has 0 saturated carbocycles. The molecule has 0 fully saturated rings. The van der Waals surface area contributed by atoms with Crippen LogP contribution >= 0.6 is 0 Å². The minimum Gasteiger partial charge on any atom is -0.347 e. The van der Waals surface area contributed by atoms with E-state index >= 15 is 0 Å². The monoisotopic (exact) mass is 489 g/mol. The van der Waals surface area contributed by atoms with Crippen molar-refractivity contribution in [3.8, 4) is 11.4 Å². The molecule has 0 saturated heterocycles. The molecule has 4 aromatic rings. The zero-order chi connectivity index (χ0) is 25.4. The highest BCUT2D eigenvalue weighted by Crippen LogP contribution is 2.29. The summed E-state index contributed by atoms with van der Waals surface area (Å²) in [4.78, 5) is 4.86. The van der Waals surface area contributed by atoms with Gasteiger partial charge in [0.25, 0.3) is 0 Å². The molecule has 2 heterocycles. The quantitative estimate of drug-likeness (QED) is 0.272. The van der Waals surface area contributed by atoms with Gasteiger partial charge in [0, 0.05) is 32.6 Å². The first-order valence-corrected chi connectivity index (χ1v) is 12.6. The summed E-state index contributed by atoms with van der Waals surface area (Å²) in [5, 5.41) is 19.0. The fraction of sp³-hybridized carbons (Fsp3) is 0.444. The average molecular weight is 490 g/mol. The Hall–Kier alpha value is -3.43. The number of benzene rings is 2. The van der Waals surface area contributed by atoms with Crippen molar-refractivity contribution in [2.24, 2.45) is 0 Å². The number of hydrogen-bond acceptors (Lipinski definition) is 7. The number of aryl methyl sites for hydroxylation is 1.